The topological polar surface area (TPSA) is 38.7 Å². The van der Waals surface area contributed by atoms with Gasteiger partial charge in [0, 0.05) is 0 Å². The molecular weight excluding hydrogens is 204 g/mol. The summed E-state index contributed by atoms with van der Waals surface area (Å²) in [7, 11) is 3.21. The van der Waals surface area contributed by atoms with Crippen LogP contribution in [0.4, 0.5) is 0 Å². The van der Waals surface area contributed by atoms with Gasteiger partial charge in [-0.25, -0.2) is 0 Å². The molecule has 1 atom stereocenters. The van der Waals surface area contributed by atoms with Crippen LogP contribution in [0.5, 0.6) is 11.5 Å². The van der Waals surface area contributed by atoms with Gasteiger partial charge in [0.15, 0.2) is 11.5 Å². The molecule has 1 saturated carbocycles. The average molecular weight is 222 g/mol. The van der Waals surface area contributed by atoms with Gasteiger partial charge < -0.3 is 14.6 Å². The highest BCUT2D eigenvalue weighted by atomic mass is 16.5. The first-order chi connectivity index (χ1) is 7.59. The van der Waals surface area contributed by atoms with Crippen molar-refractivity contribution >= 4 is 0 Å². The van der Waals surface area contributed by atoms with Crippen molar-refractivity contribution in [1.29, 1.82) is 0 Å². The number of methoxy groups -OCH3 is 2. The molecule has 0 aliphatic heterocycles. The lowest BCUT2D eigenvalue weighted by Gasteiger charge is -2.24. The molecular formula is C13H18O3. The Morgan fingerprint density at radius 2 is 1.81 bits per heavy atom. The molecule has 2 rings (SSSR count). The summed E-state index contributed by atoms with van der Waals surface area (Å²) in [4.78, 5) is 0. The third-order valence-corrected chi connectivity index (χ3v) is 3.34. The second kappa shape index (κ2) is 3.98. The van der Waals surface area contributed by atoms with Crippen molar-refractivity contribution in [2.75, 3.05) is 14.2 Å². The molecule has 1 aliphatic carbocycles. The van der Waals surface area contributed by atoms with Gasteiger partial charge in [-0.3, -0.25) is 0 Å². The molecule has 3 nitrogen and oxygen atoms in total. The van der Waals surface area contributed by atoms with E-state index in [1.807, 2.05) is 25.1 Å². The molecule has 1 aromatic carbocycles. The third-order valence-electron chi connectivity index (χ3n) is 3.34. The summed E-state index contributed by atoms with van der Waals surface area (Å²) in [6, 6.07) is 5.60. The Morgan fingerprint density at radius 1 is 1.19 bits per heavy atom. The van der Waals surface area contributed by atoms with Crippen LogP contribution < -0.4 is 9.47 Å². The Labute approximate surface area is 96.0 Å². The van der Waals surface area contributed by atoms with Crippen LogP contribution in [-0.4, -0.2) is 19.3 Å². The number of rotatable bonds is 4. The molecule has 0 spiro atoms. The van der Waals surface area contributed by atoms with E-state index >= 15 is 0 Å². The summed E-state index contributed by atoms with van der Waals surface area (Å²) in [5.41, 5.74) is 0.146. The van der Waals surface area contributed by atoms with Crippen LogP contribution in [0.3, 0.4) is 0 Å². The van der Waals surface area contributed by atoms with E-state index in [-0.39, 0.29) is 0 Å². The predicted molar refractivity (Wildman–Crippen MR) is 61.8 cm³/mol. The van der Waals surface area contributed by atoms with E-state index < -0.39 is 5.60 Å². The SMILES string of the molecule is COc1ccc([C@](C)(O)C2CC2)cc1OC. The molecule has 3 heteroatoms. The fourth-order valence-corrected chi connectivity index (χ4v) is 2.03. The van der Waals surface area contributed by atoms with Gasteiger partial charge in [0.25, 0.3) is 0 Å². The largest absolute Gasteiger partial charge is 0.493 e. The van der Waals surface area contributed by atoms with Crippen molar-refractivity contribution in [3.05, 3.63) is 23.8 Å². The van der Waals surface area contributed by atoms with Crippen LogP contribution in [0, 0.1) is 5.92 Å². The molecule has 0 amide bonds. The van der Waals surface area contributed by atoms with Crippen LogP contribution in [-0.2, 0) is 5.60 Å². The number of hydrogen-bond acceptors (Lipinski definition) is 3. The van der Waals surface area contributed by atoms with Gasteiger partial charge >= 0.3 is 0 Å². The molecule has 1 N–H and O–H groups in total. The van der Waals surface area contributed by atoms with Gasteiger partial charge in [-0.15, -0.1) is 0 Å². The van der Waals surface area contributed by atoms with Gasteiger partial charge in [-0.05, 0) is 43.4 Å². The maximum absolute atomic E-state index is 10.4. The van der Waals surface area contributed by atoms with Gasteiger partial charge in [-0.1, -0.05) is 6.07 Å². The molecule has 0 saturated heterocycles. The average Bonchev–Trinajstić information content (AvgIpc) is 3.12. The van der Waals surface area contributed by atoms with Crippen LogP contribution in [0.15, 0.2) is 18.2 Å². The van der Waals surface area contributed by atoms with E-state index in [9.17, 15) is 5.11 Å². The van der Waals surface area contributed by atoms with E-state index in [0.29, 0.717) is 17.4 Å². The van der Waals surface area contributed by atoms with Gasteiger partial charge in [-0.2, -0.15) is 0 Å². The fraction of sp³-hybridized carbons (Fsp3) is 0.538. The lowest BCUT2D eigenvalue weighted by molar-refractivity contribution is 0.0328. The van der Waals surface area contributed by atoms with E-state index in [4.69, 9.17) is 9.47 Å². The lowest BCUT2D eigenvalue weighted by atomic mass is 9.91. The zero-order valence-electron chi connectivity index (χ0n) is 9.99. The van der Waals surface area contributed by atoms with Crippen molar-refractivity contribution in [2.24, 2.45) is 5.92 Å². The summed E-state index contributed by atoms with van der Waals surface area (Å²) in [6.45, 7) is 1.87. The standard InChI is InChI=1S/C13H18O3/c1-13(14,9-4-5-9)10-6-7-11(15-2)12(8-10)16-3/h6-9,14H,4-5H2,1-3H3/t13-/m1/s1. The number of hydrogen-bond donors (Lipinski definition) is 1. The first-order valence-electron chi connectivity index (χ1n) is 5.54. The first-order valence-corrected chi connectivity index (χ1v) is 5.54. The van der Waals surface area contributed by atoms with E-state index in [2.05, 4.69) is 0 Å². The second-order valence-electron chi connectivity index (χ2n) is 4.49. The molecule has 0 unspecified atom stereocenters. The van der Waals surface area contributed by atoms with Crippen molar-refractivity contribution in [3.8, 4) is 11.5 Å². The summed E-state index contributed by atoms with van der Waals surface area (Å²) in [6.07, 6.45) is 2.20. The van der Waals surface area contributed by atoms with Gasteiger partial charge in [0.2, 0.25) is 0 Å². The zero-order chi connectivity index (χ0) is 11.8. The third kappa shape index (κ3) is 1.87. The number of aliphatic hydroxyl groups is 1. The first kappa shape index (κ1) is 11.3. The molecule has 0 aromatic heterocycles. The zero-order valence-corrected chi connectivity index (χ0v) is 9.99. The van der Waals surface area contributed by atoms with Crippen LogP contribution in [0.25, 0.3) is 0 Å². The molecule has 1 aromatic rings. The summed E-state index contributed by atoms with van der Waals surface area (Å²) >= 11 is 0. The summed E-state index contributed by atoms with van der Waals surface area (Å²) < 4.78 is 10.4. The Kier molecular flexibility index (Phi) is 2.80. The predicted octanol–water partition coefficient (Wildman–Crippen LogP) is 2.32. The molecule has 0 heterocycles. The van der Waals surface area contributed by atoms with Gasteiger partial charge in [0.1, 0.15) is 0 Å². The van der Waals surface area contributed by atoms with Crippen molar-refractivity contribution in [3.63, 3.8) is 0 Å². The number of benzene rings is 1. The summed E-state index contributed by atoms with van der Waals surface area (Å²) in [5.74, 6) is 1.74. The van der Waals surface area contributed by atoms with Crippen LogP contribution in [0.2, 0.25) is 0 Å². The fourth-order valence-electron chi connectivity index (χ4n) is 2.03. The van der Waals surface area contributed by atoms with Crippen molar-refractivity contribution in [2.45, 2.75) is 25.4 Å². The van der Waals surface area contributed by atoms with E-state index in [1.54, 1.807) is 14.2 Å². The van der Waals surface area contributed by atoms with Crippen molar-refractivity contribution in [1.82, 2.24) is 0 Å². The molecule has 88 valence electrons. The minimum Gasteiger partial charge on any atom is -0.493 e. The highest BCUT2D eigenvalue weighted by Crippen LogP contribution is 2.46. The molecule has 1 aliphatic rings. The quantitative estimate of drug-likeness (QED) is 0.849. The second-order valence-corrected chi connectivity index (χ2v) is 4.49. The number of ether oxygens (including phenoxy) is 2. The maximum Gasteiger partial charge on any atom is 0.161 e. The molecule has 1 fully saturated rings. The minimum atomic E-state index is -0.750. The van der Waals surface area contributed by atoms with E-state index in [1.165, 1.54) is 0 Å². The molecule has 16 heavy (non-hydrogen) atoms. The highest BCUT2D eigenvalue weighted by Gasteiger charge is 2.41. The Hall–Kier alpha value is -1.22. The van der Waals surface area contributed by atoms with Crippen LogP contribution >= 0.6 is 0 Å². The minimum absolute atomic E-state index is 0.380. The van der Waals surface area contributed by atoms with Crippen molar-refractivity contribution < 1.29 is 14.6 Å². The summed E-state index contributed by atoms with van der Waals surface area (Å²) in [5, 5.41) is 10.4. The molecule has 0 radical (unpaired) electrons. The normalized spacial score (nSPS) is 19.0. The highest BCUT2D eigenvalue weighted by molar-refractivity contribution is 5.44. The van der Waals surface area contributed by atoms with Gasteiger partial charge in [0.05, 0.1) is 19.8 Å². The van der Waals surface area contributed by atoms with Crippen LogP contribution in [0.1, 0.15) is 25.3 Å². The Balaban J connectivity index is 2.35. The molecule has 0 bridgehead atoms. The van der Waals surface area contributed by atoms with E-state index in [0.717, 1.165) is 18.4 Å². The maximum atomic E-state index is 10.4. The smallest absolute Gasteiger partial charge is 0.161 e. The Bertz CT molecular complexity index is 381. The monoisotopic (exact) mass is 222 g/mol. The lowest BCUT2D eigenvalue weighted by Crippen LogP contribution is -2.23. The Morgan fingerprint density at radius 3 is 2.31 bits per heavy atom.